The van der Waals surface area contributed by atoms with Gasteiger partial charge in [0.2, 0.25) is 5.82 Å². The molecule has 1 aliphatic heterocycles. The van der Waals surface area contributed by atoms with Crippen molar-refractivity contribution in [3.63, 3.8) is 0 Å². The van der Waals surface area contributed by atoms with Crippen LogP contribution in [0.25, 0.3) is 44.2 Å². The quantitative estimate of drug-likeness (QED) is 0.190. The smallest absolute Gasteiger partial charge is 0.376 e. The van der Waals surface area contributed by atoms with Gasteiger partial charge in [-0.1, -0.05) is 92.7 Å². The van der Waals surface area contributed by atoms with Gasteiger partial charge in [0.15, 0.2) is 11.7 Å². The summed E-state index contributed by atoms with van der Waals surface area (Å²) in [6.45, 7) is 11.8. The van der Waals surface area contributed by atoms with Crippen molar-refractivity contribution in [3.8, 4) is 34.3 Å². The zero-order valence-corrected chi connectivity index (χ0v) is 24.9. The lowest BCUT2D eigenvalue weighted by Crippen LogP contribution is -2.35. The number of fused-ring (bicyclic) bond motifs is 8. The van der Waals surface area contributed by atoms with Crippen molar-refractivity contribution in [1.82, 2.24) is 15.0 Å². The fourth-order valence-electron chi connectivity index (χ4n) is 7.04. The number of hydrogen-bond donors (Lipinski definition) is 0. The van der Waals surface area contributed by atoms with E-state index in [-0.39, 0.29) is 28.8 Å². The predicted octanol–water partition coefficient (Wildman–Crippen LogP) is 8.91. The molecule has 5 aromatic carbocycles. The SMILES string of the molecule is [C-]#[N+]c1nc(C#N)nc(-c2ccc(C3(c4ccc(F)cc4)C=Cc4c5c(c6ccccc6c4O3)-c3ccccc3C5(C)C)cc2)n1. The minimum absolute atomic E-state index is 0.123. The molecule has 0 spiro atoms. The minimum atomic E-state index is -1.09. The molecule has 1 aromatic heterocycles. The zero-order chi connectivity index (χ0) is 31.6. The van der Waals surface area contributed by atoms with Crippen molar-refractivity contribution in [2.24, 2.45) is 0 Å². The van der Waals surface area contributed by atoms with Crippen molar-refractivity contribution >= 4 is 22.8 Å². The Morgan fingerprint density at radius 3 is 2.22 bits per heavy atom. The van der Waals surface area contributed by atoms with Crippen molar-refractivity contribution in [2.45, 2.75) is 24.9 Å². The summed E-state index contributed by atoms with van der Waals surface area (Å²) < 4.78 is 21.5. The summed E-state index contributed by atoms with van der Waals surface area (Å²) in [7, 11) is 0. The molecule has 1 atom stereocenters. The lowest BCUT2D eigenvalue weighted by Gasteiger charge is -2.38. The van der Waals surface area contributed by atoms with Crippen LogP contribution in [0.1, 0.15) is 47.5 Å². The fourth-order valence-corrected chi connectivity index (χ4v) is 7.04. The van der Waals surface area contributed by atoms with E-state index in [1.54, 1.807) is 12.1 Å². The number of nitrogens with zero attached hydrogens (tertiary/aromatic N) is 5. The fraction of sp³-hybridized carbons (Fsp3) is 0.103. The lowest BCUT2D eigenvalue weighted by molar-refractivity contribution is 0.163. The molecular weight excluding hydrogens is 573 g/mol. The van der Waals surface area contributed by atoms with Crippen LogP contribution < -0.4 is 4.74 Å². The first-order chi connectivity index (χ1) is 22.3. The minimum Gasteiger partial charge on any atom is -0.472 e. The van der Waals surface area contributed by atoms with Gasteiger partial charge in [-0.25, -0.2) is 4.39 Å². The van der Waals surface area contributed by atoms with Crippen LogP contribution in [-0.2, 0) is 11.0 Å². The van der Waals surface area contributed by atoms with E-state index < -0.39 is 5.60 Å². The van der Waals surface area contributed by atoms with Gasteiger partial charge < -0.3 is 9.58 Å². The van der Waals surface area contributed by atoms with Crippen LogP contribution in [0.15, 0.2) is 103 Å². The maximum Gasteiger partial charge on any atom is 0.376 e. The van der Waals surface area contributed by atoms with Gasteiger partial charge in [-0.05, 0) is 58.0 Å². The first kappa shape index (κ1) is 27.4. The van der Waals surface area contributed by atoms with Crippen LogP contribution in [0.2, 0.25) is 0 Å². The summed E-state index contributed by atoms with van der Waals surface area (Å²) in [5.41, 5.74) is 6.83. The summed E-state index contributed by atoms with van der Waals surface area (Å²) in [5.74, 6) is 0.393. The van der Waals surface area contributed by atoms with E-state index in [4.69, 9.17) is 11.3 Å². The van der Waals surface area contributed by atoms with Crippen molar-refractivity contribution in [2.75, 3.05) is 0 Å². The Morgan fingerprint density at radius 1 is 0.826 bits per heavy atom. The number of nitriles is 1. The maximum absolute atomic E-state index is 14.2. The van der Waals surface area contributed by atoms with Gasteiger partial charge in [0.25, 0.3) is 5.82 Å². The van der Waals surface area contributed by atoms with Crippen LogP contribution in [0.3, 0.4) is 0 Å². The van der Waals surface area contributed by atoms with Crippen molar-refractivity contribution in [3.05, 3.63) is 154 Å². The highest BCUT2D eigenvalue weighted by Gasteiger charge is 2.44. The monoisotopic (exact) mass is 597 g/mol. The number of benzene rings is 5. The molecule has 2 heterocycles. The largest absolute Gasteiger partial charge is 0.472 e. The summed E-state index contributed by atoms with van der Waals surface area (Å²) >= 11 is 0. The number of aromatic nitrogens is 3. The third-order valence-corrected chi connectivity index (χ3v) is 9.12. The molecule has 0 N–H and O–H groups in total. The number of halogens is 1. The number of rotatable bonds is 3. The Balaban J connectivity index is 1.35. The Hall–Kier alpha value is -6.18. The molecule has 6 aromatic rings. The highest BCUT2D eigenvalue weighted by molar-refractivity contribution is 6.08. The molecule has 1 unspecified atom stereocenters. The van der Waals surface area contributed by atoms with Crippen molar-refractivity contribution in [1.29, 1.82) is 5.26 Å². The molecule has 218 valence electrons. The summed E-state index contributed by atoms with van der Waals surface area (Å²) in [6, 6.07) is 32.7. The Bertz CT molecular complexity index is 2320. The first-order valence-corrected chi connectivity index (χ1v) is 14.8. The van der Waals surface area contributed by atoms with E-state index in [0.717, 1.165) is 33.2 Å². The molecule has 0 radical (unpaired) electrons. The Kier molecular flexibility index (Phi) is 5.90. The summed E-state index contributed by atoms with van der Waals surface area (Å²) in [5, 5.41) is 11.5. The molecule has 0 fully saturated rings. The second-order valence-corrected chi connectivity index (χ2v) is 12.0. The standard InChI is InChI=1S/C39H24FN5O/c1-38(2)31-11-7-6-10-29(31)33-27-8-4-5-9-28(27)35-30(34(33)38)20-21-39(46-35,25-16-18-26(40)19-17-25)24-14-12-23(13-15-24)36-43-32(22-41)44-37(42-3)45-36/h4-21H,1-2H3. The molecule has 2 aliphatic rings. The highest BCUT2D eigenvalue weighted by atomic mass is 19.1. The third-order valence-electron chi connectivity index (χ3n) is 9.12. The molecule has 46 heavy (non-hydrogen) atoms. The van der Waals surface area contributed by atoms with Crippen molar-refractivity contribution < 1.29 is 9.13 Å². The molecule has 0 saturated heterocycles. The number of hydrogen-bond acceptors (Lipinski definition) is 5. The Morgan fingerprint density at radius 2 is 1.50 bits per heavy atom. The number of ether oxygens (including phenoxy) is 1. The van der Waals surface area contributed by atoms with E-state index in [0.29, 0.717) is 5.56 Å². The zero-order valence-electron chi connectivity index (χ0n) is 24.9. The van der Waals surface area contributed by atoms with Crippen LogP contribution >= 0.6 is 0 Å². The molecule has 0 bridgehead atoms. The van der Waals surface area contributed by atoms with Gasteiger partial charge in [0, 0.05) is 33.1 Å². The molecule has 0 amide bonds. The second-order valence-electron chi connectivity index (χ2n) is 12.0. The predicted molar refractivity (Wildman–Crippen MR) is 175 cm³/mol. The van der Waals surface area contributed by atoms with E-state index >= 15 is 0 Å². The van der Waals surface area contributed by atoms with Gasteiger partial charge in [-0.15, -0.1) is 16.5 Å². The van der Waals surface area contributed by atoms with E-state index in [1.807, 2.05) is 36.4 Å². The van der Waals surface area contributed by atoms with E-state index in [2.05, 4.69) is 88.3 Å². The van der Waals surface area contributed by atoms with E-state index in [1.165, 1.54) is 34.4 Å². The van der Waals surface area contributed by atoms with Gasteiger partial charge in [-0.2, -0.15) is 10.2 Å². The lowest BCUT2D eigenvalue weighted by atomic mass is 9.77. The molecule has 8 rings (SSSR count). The highest BCUT2D eigenvalue weighted by Crippen LogP contribution is 2.58. The topological polar surface area (TPSA) is 76.0 Å². The summed E-state index contributed by atoms with van der Waals surface area (Å²) in [4.78, 5) is 15.5. The van der Waals surface area contributed by atoms with Crippen LogP contribution in [0, 0.1) is 23.7 Å². The molecule has 0 saturated carbocycles. The van der Waals surface area contributed by atoms with Crippen LogP contribution in [0.5, 0.6) is 5.75 Å². The average molecular weight is 598 g/mol. The van der Waals surface area contributed by atoms with Gasteiger partial charge in [0.1, 0.15) is 11.6 Å². The molecule has 1 aliphatic carbocycles. The summed E-state index contributed by atoms with van der Waals surface area (Å²) in [6.07, 6.45) is 4.21. The van der Waals surface area contributed by atoms with Crippen LogP contribution in [0.4, 0.5) is 10.3 Å². The second kappa shape index (κ2) is 9.92. The van der Waals surface area contributed by atoms with Gasteiger partial charge in [0.05, 0.1) is 0 Å². The Labute approximate surface area is 264 Å². The maximum atomic E-state index is 14.2. The normalized spacial score (nSPS) is 16.9. The molecular formula is C39H24FN5O. The average Bonchev–Trinajstić information content (AvgIpc) is 3.35. The molecule has 6 nitrogen and oxygen atoms in total. The third kappa shape index (κ3) is 3.89. The van der Waals surface area contributed by atoms with E-state index in [9.17, 15) is 9.65 Å². The molecule has 7 heteroatoms. The van der Waals surface area contributed by atoms with Crippen LogP contribution in [-0.4, -0.2) is 15.0 Å². The van der Waals surface area contributed by atoms with Gasteiger partial charge >= 0.3 is 5.95 Å². The van der Waals surface area contributed by atoms with Gasteiger partial charge in [-0.3, -0.25) is 0 Å². The first-order valence-electron chi connectivity index (χ1n) is 14.8.